The summed E-state index contributed by atoms with van der Waals surface area (Å²) in [5.41, 5.74) is 2.77. The van der Waals surface area contributed by atoms with E-state index >= 15 is 0 Å². The minimum atomic E-state index is 0. The van der Waals surface area contributed by atoms with Gasteiger partial charge in [-0.1, -0.05) is 13.8 Å². The number of aromatic amines is 1. The standard InChI is InChI=1S/C20H23N7.H2/c1-13(2)8-15-12-27(7-6-22-15)18-10-14(11-21)9-17(24-18)19-16-4-3-5-23-20(16)26-25-19;/h3-5,9-10,13,15,22H,6-8,12H2,1-2H3,(H,23,25,26);1H/t15-;/m0./s1. The summed E-state index contributed by atoms with van der Waals surface area (Å²) < 4.78 is 0. The molecule has 1 aliphatic rings. The number of aromatic nitrogens is 4. The third-order valence-electron chi connectivity index (χ3n) is 4.86. The minimum absolute atomic E-state index is 0. The lowest BCUT2D eigenvalue weighted by Crippen LogP contribution is -2.51. The van der Waals surface area contributed by atoms with Gasteiger partial charge in [0.2, 0.25) is 0 Å². The summed E-state index contributed by atoms with van der Waals surface area (Å²) >= 11 is 0. The summed E-state index contributed by atoms with van der Waals surface area (Å²) in [5, 5.41) is 21.3. The van der Waals surface area contributed by atoms with Gasteiger partial charge in [0.25, 0.3) is 0 Å². The summed E-state index contributed by atoms with van der Waals surface area (Å²) in [6.45, 7) is 7.17. The molecule has 0 unspecified atom stereocenters. The van der Waals surface area contributed by atoms with Crippen LogP contribution in [0.4, 0.5) is 5.82 Å². The lowest BCUT2D eigenvalue weighted by Gasteiger charge is -2.35. The topological polar surface area (TPSA) is 93.5 Å². The van der Waals surface area contributed by atoms with Crippen molar-refractivity contribution < 1.29 is 1.43 Å². The smallest absolute Gasteiger partial charge is 0.181 e. The molecule has 3 aromatic heterocycles. The van der Waals surface area contributed by atoms with Gasteiger partial charge in [0.1, 0.15) is 5.82 Å². The van der Waals surface area contributed by atoms with Crippen molar-refractivity contribution in [2.75, 3.05) is 24.5 Å². The number of anilines is 1. The second kappa shape index (κ2) is 7.33. The first-order valence-corrected chi connectivity index (χ1v) is 9.34. The van der Waals surface area contributed by atoms with Crippen molar-refractivity contribution in [3.63, 3.8) is 0 Å². The average molecular weight is 363 g/mol. The molecule has 4 rings (SSSR count). The highest BCUT2D eigenvalue weighted by Gasteiger charge is 2.22. The van der Waals surface area contributed by atoms with Crippen LogP contribution in [0.15, 0.2) is 30.5 Å². The van der Waals surface area contributed by atoms with Crippen LogP contribution < -0.4 is 10.2 Å². The molecule has 1 saturated heterocycles. The zero-order valence-electron chi connectivity index (χ0n) is 15.6. The van der Waals surface area contributed by atoms with E-state index in [0.29, 0.717) is 23.2 Å². The first kappa shape index (κ1) is 17.4. The van der Waals surface area contributed by atoms with E-state index in [1.165, 1.54) is 0 Å². The van der Waals surface area contributed by atoms with Crippen LogP contribution in [-0.2, 0) is 0 Å². The van der Waals surface area contributed by atoms with Gasteiger partial charge in [-0.15, -0.1) is 0 Å². The van der Waals surface area contributed by atoms with Gasteiger partial charge in [0, 0.05) is 38.7 Å². The second-order valence-corrected chi connectivity index (χ2v) is 7.41. The van der Waals surface area contributed by atoms with Crippen molar-refractivity contribution in [1.29, 1.82) is 5.26 Å². The molecule has 0 aromatic carbocycles. The van der Waals surface area contributed by atoms with Gasteiger partial charge in [-0.2, -0.15) is 10.4 Å². The molecule has 0 spiro atoms. The fourth-order valence-electron chi connectivity index (χ4n) is 3.68. The maximum absolute atomic E-state index is 9.52. The molecule has 7 heteroatoms. The number of hydrogen-bond acceptors (Lipinski definition) is 6. The Morgan fingerprint density at radius 3 is 3.11 bits per heavy atom. The summed E-state index contributed by atoms with van der Waals surface area (Å²) in [6.07, 6.45) is 2.84. The average Bonchev–Trinajstić information content (AvgIpc) is 3.11. The molecule has 0 amide bonds. The summed E-state index contributed by atoms with van der Waals surface area (Å²) in [6, 6.07) is 10.2. The number of nitriles is 1. The van der Waals surface area contributed by atoms with E-state index in [9.17, 15) is 5.26 Å². The molecule has 0 radical (unpaired) electrons. The van der Waals surface area contributed by atoms with Crippen molar-refractivity contribution in [3.8, 4) is 17.5 Å². The Morgan fingerprint density at radius 1 is 1.41 bits per heavy atom. The molecule has 3 aromatic rings. The van der Waals surface area contributed by atoms with E-state index in [4.69, 9.17) is 4.98 Å². The van der Waals surface area contributed by atoms with E-state index in [1.54, 1.807) is 12.3 Å². The van der Waals surface area contributed by atoms with E-state index in [-0.39, 0.29) is 1.43 Å². The van der Waals surface area contributed by atoms with E-state index < -0.39 is 0 Å². The molecule has 27 heavy (non-hydrogen) atoms. The quantitative estimate of drug-likeness (QED) is 0.740. The van der Waals surface area contributed by atoms with Crippen molar-refractivity contribution in [2.24, 2.45) is 5.92 Å². The Bertz CT molecular complexity index is 992. The second-order valence-electron chi connectivity index (χ2n) is 7.41. The fourth-order valence-corrected chi connectivity index (χ4v) is 3.68. The van der Waals surface area contributed by atoms with Gasteiger partial charge >= 0.3 is 0 Å². The van der Waals surface area contributed by atoms with Gasteiger partial charge < -0.3 is 10.2 Å². The highest BCUT2D eigenvalue weighted by Crippen LogP contribution is 2.27. The number of rotatable bonds is 4. The summed E-state index contributed by atoms with van der Waals surface area (Å²) in [5.74, 6) is 1.48. The number of piperazine rings is 1. The predicted octanol–water partition coefficient (Wildman–Crippen LogP) is 2.96. The summed E-state index contributed by atoms with van der Waals surface area (Å²) in [4.78, 5) is 11.4. The van der Waals surface area contributed by atoms with Gasteiger partial charge in [0.05, 0.1) is 23.0 Å². The lowest BCUT2D eigenvalue weighted by molar-refractivity contribution is 0.387. The molecular weight excluding hydrogens is 338 g/mol. The molecule has 1 aliphatic heterocycles. The Kier molecular flexibility index (Phi) is 4.73. The molecular formula is C20H25N7. The maximum atomic E-state index is 9.52. The Labute approximate surface area is 159 Å². The van der Waals surface area contributed by atoms with E-state index in [2.05, 4.69) is 45.3 Å². The van der Waals surface area contributed by atoms with Gasteiger partial charge in [-0.25, -0.2) is 9.97 Å². The predicted molar refractivity (Wildman–Crippen MR) is 107 cm³/mol. The minimum Gasteiger partial charge on any atom is -0.354 e. The third kappa shape index (κ3) is 3.62. The molecule has 140 valence electrons. The van der Waals surface area contributed by atoms with Crippen molar-refractivity contribution in [2.45, 2.75) is 26.3 Å². The Morgan fingerprint density at radius 2 is 2.30 bits per heavy atom. The number of nitrogens with zero attached hydrogens (tertiary/aromatic N) is 5. The van der Waals surface area contributed by atoms with Crippen molar-refractivity contribution >= 4 is 16.9 Å². The fraction of sp³-hybridized carbons (Fsp3) is 0.400. The monoisotopic (exact) mass is 363 g/mol. The molecule has 4 heterocycles. The van der Waals surface area contributed by atoms with Crippen LogP contribution in [0.1, 0.15) is 27.3 Å². The number of fused-ring (bicyclic) bond motifs is 1. The first-order chi connectivity index (χ1) is 13.1. The molecule has 1 fully saturated rings. The molecule has 1 atom stereocenters. The van der Waals surface area contributed by atoms with Crippen LogP contribution in [0.2, 0.25) is 0 Å². The molecule has 0 saturated carbocycles. The normalized spacial score (nSPS) is 17.4. The SMILES string of the molecule is CC(C)C[C@H]1CN(c2cc(C#N)cc(-c3[nH]nc4ncccc34)n2)CCN1.[HH]. The van der Waals surface area contributed by atoms with E-state index in [1.807, 2.05) is 18.2 Å². The van der Waals surface area contributed by atoms with Crippen molar-refractivity contribution in [3.05, 3.63) is 36.0 Å². The molecule has 0 bridgehead atoms. The van der Waals surface area contributed by atoms with Gasteiger partial charge in [-0.3, -0.25) is 5.10 Å². The largest absolute Gasteiger partial charge is 0.354 e. The van der Waals surface area contributed by atoms with Crippen LogP contribution in [0.3, 0.4) is 0 Å². The van der Waals surface area contributed by atoms with Gasteiger partial charge in [-0.05, 0) is 36.6 Å². The van der Waals surface area contributed by atoms with Crippen LogP contribution in [0.25, 0.3) is 22.4 Å². The van der Waals surface area contributed by atoms with Gasteiger partial charge in [0.15, 0.2) is 5.65 Å². The summed E-state index contributed by atoms with van der Waals surface area (Å²) in [7, 11) is 0. The highest BCUT2D eigenvalue weighted by molar-refractivity contribution is 5.89. The first-order valence-electron chi connectivity index (χ1n) is 9.34. The van der Waals surface area contributed by atoms with Crippen LogP contribution in [0, 0.1) is 17.2 Å². The van der Waals surface area contributed by atoms with Crippen LogP contribution >= 0.6 is 0 Å². The Hall–Kier alpha value is -2.98. The third-order valence-corrected chi connectivity index (χ3v) is 4.86. The zero-order valence-corrected chi connectivity index (χ0v) is 15.6. The number of H-pyrrole nitrogens is 1. The highest BCUT2D eigenvalue weighted by atomic mass is 15.2. The van der Waals surface area contributed by atoms with Crippen molar-refractivity contribution in [1.82, 2.24) is 25.5 Å². The molecule has 0 aliphatic carbocycles. The zero-order chi connectivity index (χ0) is 18.8. The Balaban J connectivity index is 0.00000225. The number of nitrogens with one attached hydrogen (secondary N) is 2. The lowest BCUT2D eigenvalue weighted by atomic mass is 10.0. The number of hydrogen-bond donors (Lipinski definition) is 2. The van der Waals surface area contributed by atoms with E-state index in [0.717, 1.165) is 48.6 Å². The maximum Gasteiger partial charge on any atom is 0.181 e. The van der Waals surface area contributed by atoms with Crippen LogP contribution in [-0.4, -0.2) is 45.8 Å². The van der Waals surface area contributed by atoms with Crippen LogP contribution in [0.5, 0.6) is 0 Å². The molecule has 2 N–H and O–H groups in total. The number of pyridine rings is 2. The molecule has 7 nitrogen and oxygen atoms in total.